The summed E-state index contributed by atoms with van der Waals surface area (Å²) in [4.78, 5) is 4.50. The second-order valence-corrected chi connectivity index (χ2v) is 5.63. The van der Waals surface area contributed by atoms with Crippen molar-refractivity contribution in [1.29, 1.82) is 0 Å². The van der Waals surface area contributed by atoms with Crippen LogP contribution in [0.15, 0.2) is 36.5 Å². The Morgan fingerprint density at radius 3 is 2.35 bits per heavy atom. The number of nitrogens with zero attached hydrogens (tertiary/aromatic N) is 1. The Bertz CT molecular complexity index is 547. The van der Waals surface area contributed by atoms with Gasteiger partial charge in [0.2, 0.25) is 0 Å². The van der Waals surface area contributed by atoms with E-state index in [0.717, 1.165) is 24.1 Å². The average molecular weight is 309 g/mol. The molecule has 2 nitrogen and oxygen atoms in total. The summed E-state index contributed by atoms with van der Waals surface area (Å²) in [7, 11) is 1.93. The molecule has 0 spiro atoms. The van der Waals surface area contributed by atoms with Crippen LogP contribution in [0.1, 0.15) is 29.8 Å². The second kappa shape index (κ2) is 7.07. The van der Waals surface area contributed by atoms with Gasteiger partial charge in [0.05, 0.1) is 0 Å². The highest BCUT2D eigenvalue weighted by atomic mass is 35.5. The van der Waals surface area contributed by atoms with Crippen molar-refractivity contribution in [2.24, 2.45) is 0 Å². The largest absolute Gasteiger partial charge is 0.313 e. The van der Waals surface area contributed by atoms with E-state index in [1.165, 1.54) is 5.56 Å². The van der Waals surface area contributed by atoms with E-state index < -0.39 is 0 Å². The molecule has 0 radical (unpaired) electrons. The van der Waals surface area contributed by atoms with Crippen LogP contribution in [-0.2, 0) is 12.8 Å². The Balaban J connectivity index is 2.19. The summed E-state index contributed by atoms with van der Waals surface area (Å²) in [6.45, 7) is 2.13. The van der Waals surface area contributed by atoms with Gasteiger partial charge in [0.15, 0.2) is 0 Å². The third-order valence-corrected chi connectivity index (χ3v) is 3.78. The molecule has 2 rings (SSSR count). The minimum Gasteiger partial charge on any atom is -0.313 e. The number of rotatable bonds is 5. The molecule has 0 bridgehead atoms. The fraction of sp³-hybridized carbons (Fsp3) is 0.312. The molecule has 1 unspecified atom stereocenters. The van der Waals surface area contributed by atoms with Crippen molar-refractivity contribution in [1.82, 2.24) is 10.3 Å². The fourth-order valence-corrected chi connectivity index (χ4v) is 2.70. The zero-order chi connectivity index (χ0) is 14.5. The lowest BCUT2D eigenvalue weighted by atomic mass is 10.0. The van der Waals surface area contributed by atoms with Crippen LogP contribution in [0.25, 0.3) is 0 Å². The molecule has 4 heteroatoms. The molecular weight excluding hydrogens is 291 g/mol. The topological polar surface area (TPSA) is 24.9 Å². The highest BCUT2D eigenvalue weighted by Crippen LogP contribution is 2.25. The first-order valence-corrected chi connectivity index (χ1v) is 7.45. The number of pyridine rings is 1. The molecule has 1 heterocycles. The van der Waals surface area contributed by atoms with E-state index in [2.05, 4.69) is 29.4 Å². The SMILES string of the molecule is CCc1ccc(CC(NC)c2cc(Cl)cc(Cl)c2)nc1. The van der Waals surface area contributed by atoms with E-state index in [-0.39, 0.29) is 6.04 Å². The number of aryl methyl sites for hydroxylation is 1. The van der Waals surface area contributed by atoms with Gasteiger partial charge in [-0.2, -0.15) is 0 Å². The highest BCUT2D eigenvalue weighted by Gasteiger charge is 2.12. The maximum Gasteiger partial charge on any atom is 0.0424 e. The zero-order valence-electron chi connectivity index (χ0n) is 11.7. The lowest BCUT2D eigenvalue weighted by Crippen LogP contribution is -2.19. The van der Waals surface area contributed by atoms with Crippen molar-refractivity contribution >= 4 is 23.2 Å². The fourth-order valence-electron chi connectivity index (χ4n) is 2.16. The van der Waals surface area contributed by atoms with Crippen molar-refractivity contribution < 1.29 is 0 Å². The molecule has 20 heavy (non-hydrogen) atoms. The number of hydrogen-bond donors (Lipinski definition) is 1. The normalized spacial score (nSPS) is 12.4. The minimum absolute atomic E-state index is 0.145. The average Bonchev–Trinajstić information content (AvgIpc) is 2.44. The molecule has 0 aliphatic heterocycles. The molecule has 0 aliphatic carbocycles. The van der Waals surface area contributed by atoms with Gasteiger partial charge < -0.3 is 5.32 Å². The Hall–Kier alpha value is -1.09. The molecule has 1 N–H and O–H groups in total. The zero-order valence-corrected chi connectivity index (χ0v) is 13.2. The number of nitrogens with one attached hydrogen (secondary N) is 1. The standard InChI is InChI=1S/C16H18Cl2N2/c1-3-11-4-5-15(20-10-11)9-16(19-2)12-6-13(17)8-14(18)7-12/h4-8,10,16,19H,3,9H2,1-2H3. The van der Waals surface area contributed by atoms with Crippen molar-refractivity contribution in [2.75, 3.05) is 7.05 Å². The van der Waals surface area contributed by atoms with Gasteiger partial charge in [0.1, 0.15) is 0 Å². The first-order valence-electron chi connectivity index (χ1n) is 6.69. The van der Waals surface area contributed by atoms with Gasteiger partial charge in [-0.15, -0.1) is 0 Å². The lowest BCUT2D eigenvalue weighted by Gasteiger charge is -2.17. The minimum atomic E-state index is 0.145. The molecular formula is C16H18Cl2N2. The third-order valence-electron chi connectivity index (χ3n) is 3.34. The summed E-state index contributed by atoms with van der Waals surface area (Å²) in [5.74, 6) is 0. The van der Waals surface area contributed by atoms with E-state index in [4.69, 9.17) is 23.2 Å². The summed E-state index contributed by atoms with van der Waals surface area (Å²) in [6.07, 6.45) is 3.75. The second-order valence-electron chi connectivity index (χ2n) is 4.76. The monoisotopic (exact) mass is 308 g/mol. The summed E-state index contributed by atoms with van der Waals surface area (Å²) in [5, 5.41) is 4.60. The molecule has 0 saturated heterocycles. The molecule has 106 valence electrons. The summed E-state index contributed by atoms with van der Waals surface area (Å²) in [6, 6.07) is 9.97. The number of halogens is 2. The molecule has 0 amide bonds. The summed E-state index contributed by atoms with van der Waals surface area (Å²) >= 11 is 12.1. The van der Waals surface area contributed by atoms with Gasteiger partial charge in [-0.25, -0.2) is 0 Å². The predicted molar refractivity (Wildman–Crippen MR) is 85.6 cm³/mol. The van der Waals surface area contributed by atoms with Crippen LogP contribution in [0.4, 0.5) is 0 Å². The molecule has 2 aromatic rings. The van der Waals surface area contributed by atoms with Crippen LogP contribution in [0.3, 0.4) is 0 Å². The van der Waals surface area contributed by atoms with Crippen LogP contribution in [0.2, 0.25) is 10.0 Å². The molecule has 0 aliphatic rings. The molecule has 0 saturated carbocycles. The van der Waals surface area contributed by atoms with Crippen LogP contribution < -0.4 is 5.32 Å². The number of benzene rings is 1. The van der Waals surface area contributed by atoms with Crippen molar-refractivity contribution in [3.8, 4) is 0 Å². The van der Waals surface area contributed by atoms with Crippen molar-refractivity contribution in [3.63, 3.8) is 0 Å². The van der Waals surface area contributed by atoms with E-state index in [1.54, 1.807) is 6.07 Å². The van der Waals surface area contributed by atoms with E-state index in [9.17, 15) is 0 Å². The summed E-state index contributed by atoms with van der Waals surface area (Å²) < 4.78 is 0. The Kier molecular flexibility index (Phi) is 5.41. The number of hydrogen-bond acceptors (Lipinski definition) is 2. The first-order chi connectivity index (χ1) is 9.62. The predicted octanol–water partition coefficient (Wildman–Crippen LogP) is 4.45. The maximum absolute atomic E-state index is 6.07. The van der Waals surface area contributed by atoms with Crippen molar-refractivity contribution in [2.45, 2.75) is 25.8 Å². The molecule has 1 aromatic carbocycles. The van der Waals surface area contributed by atoms with Gasteiger partial charge >= 0.3 is 0 Å². The molecule has 1 aromatic heterocycles. The van der Waals surface area contributed by atoms with Crippen molar-refractivity contribution in [3.05, 3.63) is 63.4 Å². The number of aromatic nitrogens is 1. The van der Waals surface area contributed by atoms with Gasteiger partial charge in [-0.05, 0) is 48.9 Å². The Labute approximate surface area is 130 Å². The lowest BCUT2D eigenvalue weighted by molar-refractivity contribution is 0.584. The van der Waals surface area contributed by atoms with Crippen LogP contribution in [0, 0.1) is 0 Å². The Morgan fingerprint density at radius 1 is 1.15 bits per heavy atom. The van der Waals surface area contributed by atoms with E-state index in [0.29, 0.717) is 10.0 Å². The quantitative estimate of drug-likeness (QED) is 0.882. The first kappa shape index (κ1) is 15.3. The smallest absolute Gasteiger partial charge is 0.0424 e. The number of likely N-dealkylation sites (N-methyl/N-ethyl adjacent to an activating group) is 1. The maximum atomic E-state index is 6.07. The van der Waals surface area contributed by atoms with Crippen LogP contribution in [-0.4, -0.2) is 12.0 Å². The van der Waals surface area contributed by atoms with Gasteiger partial charge in [0, 0.05) is 34.4 Å². The van der Waals surface area contributed by atoms with E-state index >= 15 is 0 Å². The Morgan fingerprint density at radius 2 is 1.85 bits per heavy atom. The van der Waals surface area contributed by atoms with Crippen LogP contribution in [0.5, 0.6) is 0 Å². The van der Waals surface area contributed by atoms with Gasteiger partial charge in [-0.3, -0.25) is 4.98 Å². The van der Waals surface area contributed by atoms with E-state index in [1.807, 2.05) is 25.4 Å². The molecule has 1 atom stereocenters. The highest BCUT2D eigenvalue weighted by molar-refractivity contribution is 6.34. The molecule has 0 fully saturated rings. The third kappa shape index (κ3) is 3.95. The summed E-state index contributed by atoms with van der Waals surface area (Å²) in [5.41, 5.74) is 3.38. The van der Waals surface area contributed by atoms with Gasteiger partial charge in [-0.1, -0.05) is 36.2 Å². The van der Waals surface area contributed by atoms with Crippen LogP contribution >= 0.6 is 23.2 Å². The van der Waals surface area contributed by atoms with Gasteiger partial charge in [0.25, 0.3) is 0 Å².